The second kappa shape index (κ2) is 4.73. The van der Waals surface area contributed by atoms with Gasteiger partial charge >= 0.3 is 0 Å². The number of fused-ring (bicyclic) bond motifs is 2. The average molecular weight is 247 g/mol. The molecule has 0 heterocycles. The van der Waals surface area contributed by atoms with E-state index in [-0.39, 0.29) is 0 Å². The van der Waals surface area contributed by atoms with Crippen molar-refractivity contribution in [1.29, 1.82) is 0 Å². The number of nitrogens with zero attached hydrogens (tertiary/aromatic N) is 1. The van der Waals surface area contributed by atoms with Crippen LogP contribution in [0.15, 0.2) is 35.5 Å². The van der Waals surface area contributed by atoms with E-state index in [1.54, 1.807) is 0 Å². The predicted octanol–water partition coefficient (Wildman–Crippen LogP) is 3.55. The summed E-state index contributed by atoms with van der Waals surface area (Å²) in [7, 11) is 0. The first-order valence-corrected chi connectivity index (χ1v) is 7.30. The van der Waals surface area contributed by atoms with Gasteiger partial charge in [-0.2, -0.15) is 0 Å². The molecule has 2 bridgehead atoms. The molecule has 3 rings (SSSR count). The Bertz CT molecular complexity index is 417. The number of rotatable bonds is 3. The molecule has 90 valence electrons. The van der Waals surface area contributed by atoms with Crippen LogP contribution in [0.2, 0.25) is 0 Å². The lowest BCUT2D eigenvalue weighted by molar-refractivity contribution is 0.314. The maximum absolute atomic E-state index is 9.13. The summed E-state index contributed by atoms with van der Waals surface area (Å²) < 4.78 is 0. The Morgan fingerprint density at radius 3 is 2.82 bits per heavy atom. The minimum Gasteiger partial charge on any atom is -0.411 e. The van der Waals surface area contributed by atoms with Gasteiger partial charge in [0, 0.05) is 16.9 Å². The molecule has 1 aromatic rings. The smallest absolute Gasteiger partial charge is 0.0734 e. The van der Waals surface area contributed by atoms with E-state index in [0.29, 0.717) is 11.2 Å². The van der Waals surface area contributed by atoms with Gasteiger partial charge in [0.25, 0.3) is 0 Å². The van der Waals surface area contributed by atoms with Crippen LogP contribution in [0.3, 0.4) is 0 Å². The lowest BCUT2D eigenvalue weighted by atomic mass is 9.98. The summed E-state index contributed by atoms with van der Waals surface area (Å²) in [6.07, 6.45) is 3.79. The minimum absolute atomic E-state index is 0.457. The van der Waals surface area contributed by atoms with Crippen molar-refractivity contribution < 1.29 is 5.21 Å². The van der Waals surface area contributed by atoms with Gasteiger partial charge in [-0.3, -0.25) is 0 Å². The lowest BCUT2D eigenvalue weighted by Gasteiger charge is -2.22. The van der Waals surface area contributed by atoms with Crippen molar-refractivity contribution in [2.45, 2.75) is 30.3 Å². The van der Waals surface area contributed by atoms with Crippen LogP contribution < -0.4 is 0 Å². The molecule has 0 aromatic heterocycles. The molecule has 17 heavy (non-hydrogen) atoms. The van der Waals surface area contributed by atoms with Crippen LogP contribution in [-0.2, 0) is 5.75 Å². The second-order valence-corrected chi connectivity index (χ2v) is 6.14. The first-order chi connectivity index (χ1) is 8.38. The molecule has 2 saturated carbocycles. The highest BCUT2D eigenvalue weighted by atomic mass is 32.2. The Balaban J connectivity index is 1.66. The van der Waals surface area contributed by atoms with Gasteiger partial charge in [-0.05, 0) is 30.7 Å². The topological polar surface area (TPSA) is 32.6 Å². The van der Waals surface area contributed by atoms with Crippen molar-refractivity contribution in [1.82, 2.24) is 0 Å². The Labute approximate surface area is 106 Å². The maximum Gasteiger partial charge on any atom is 0.0734 e. The van der Waals surface area contributed by atoms with E-state index in [1.165, 1.54) is 24.8 Å². The van der Waals surface area contributed by atoms with Crippen LogP contribution in [0.5, 0.6) is 0 Å². The number of hydrogen-bond acceptors (Lipinski definition) is 3. The van der Waals surface area contributed by atoms with Gasteiger partial charge < -0.3 is 5.21 Å². The molecule has 2 nitrogen and oxygen atoms in total. The summed E-state index contributed by atoms with van der Waals surface area (Å²) in [5, 5.41) is 13.1. The molecule has 3 atom stereocenters. The predicted molar refractivity (Wildman–Crippen MR) is 71.6 cm³/mol. The van der Waals surface area contributed by atoms with Crippen molar-refractivity contribution in [3.63, 3.8) is 0 Å². The minimum atomic E-state index is 0.457. The molecule has 2 aliphatic rings. The molecule has 0 aliphatic heterocycles. The van der Waals surface area contributed by atoms with Crippen LogP contribution >= 0.6 is 11.8 Å². The Morgan fingerprint density at radius 1 is 1.24 bits per heavy atom. The number of thioether (sulfide) groups is 1. The van der Waals surface area contributed by atoms with Crippen molar-refractivity contribution in [3.8, 4) is 0 Å². The highest BCUT2D eigenvalue weighted by molar-refractivity contribution is 7.99. The molecule has 0 unspecified atom stereocenters. The third-order valence-electron chi connectivity index (χ3n) is 4.00. The first kappa shape index (κ1) is 11.1. The molecular weight excluding hydrogens is 230 g/mol. The normalized spacial score (nSPS) is 33.4. The maximum atomic E-state index is 9.13. The quantitative estimate of drug-likeness (QED) is 0.654. The van der Waals surface area contributed by atoms with Crippen LogP contribution in [0.25, 0.3) is 0 Å². The molecule has 2 fully saturated rings. The highest BCUT2D eigenvalue weighted by Crippen LogP contribution is 2.48. The van der Waals surface area contributed by atoms with E-state index < -0.39 is 0 Å². The van der Waals surface area contributed by atoms with Gasteiger partial charge in [0.2, 0.25) is 0 Å². The summed E-state index contributed by atoms with van der Waals surface area (Å²) in [5.41, 5.74) is 2.42. The zero-order valence-corrected chi connectivity index (χ0v) is 10.6. The van der Waals surface area contributed by atoms with E-state index in [2.05, 4.69) is 29.4 Å². The van der Waals surface area contributed by atoms with E-state index in [1.807, 2.05) is 17.8 Å². The van der Waals surface area contributed by atoms with Crippen LogP contribution in [0.1, 0.15) is 24.8 Å². The zero-order chi connectivity index (χ0) is 11.7. The van der Waals surface area contributed by atoms with Crippen LogP contribution in [-0.4, -0.2) is 16.2 Å². The monoisotopic (exact) mass is 247 g/mol. The van der Waals surface area contributed by atoms with Crippen LogP contribution in [0.4, 0.5) is 0 Å². The Morgan fingerprint density at radius 2 is 2.06 bits per heavy atom. The molecule has 0 radical (unpaired) electrons. The van der Waals surface area contributed by atoms with Crippen molar-refractivity contribution in [2.24, 2.45) is 17.0 Å². The molecule has 1 N–H and O–H groups in total. The zero-order valence-electron chi connectivity index (χ0n) is 9.75. The van der Waals surface area contributed by atoms with Gasteiger partial charge in [0.05, 0.1) is 5.71 Å². The fourth-order valence-electron chi connectivity index (χ4n) is 3.15. The summed E-state index contributed by atoms with van der Waals surface area (Å²) in [6.45, 7) is 0. The molecule has 0 amide bonds. The molecular formula is C14H17NOS. The van der Waals surface area contributed by atoms with Crippen molar-refractivity contribution in [3.05, 3.63) is 35.9 Å². The van der Waals surface area contributed by atoms with Gasteiger partial charge in [0.15, 0.2) is 0 Å². The number of oxime groups is 1. The van der Waals surface area contributed by atoms with E-state index in [9.17, 15) is 0 Å². The van der Waals surface area contributed by atoms with Gasteiger partial charge in [-0.15, -0.1) is 11.8 Å². The standard InChI is InChI=1S/C14H17NOS/c16-15-13-11-6-7-12(8-11)14(13)17-9-10-4-2-1-3-5-10/h1-5,11-12,14,16H,6-9H2/b15-13+/t11-,12+,14-/m0/s1. The van der Waals surface area contributed by atoms with E-state index in [4.69, 9.17) is 5.21 Å². The summed E-state index contributed by atoms with van der Waals surface area (Å²) in [4.78, 5) is 0. The molecule has 2 aliphatic carbocycles. The summed E-state index contributed by atoms with van der Waals surface area (Å²) >= 11 is 1.94. The SMILES string of the molecule is O/N=C1\[C@H]2CC[C@H](C2)[C@@H]1SCc1ccccc1. The first-order valence-electron chi connectivity index (χ1n) is 6.26. The van der Waals surface area contributed by atoms with Crippen LogP contribution in [0, 0.1) is 11.8 Å². The molecule has 1 aromatic carbocycles. The van der Waals surface area contributed by atoms with Crippen molar-refractivity contribution in [2.75, 3.05) is 0 Å². The molecule has 0 saturated heterocycles. The largest absolute Gasteiger partial charge is 0.411 e. The summed E-state index contributed by atoms with van der Waals surface area (Å²) in [6, 6.07) is 10.5. The Hall–Kier alpha value is -0.960. The van der Waals surface area contributed by atoms with Crippen molar-refractivity contribution >= 4 is 17.5 Å². The highest BCUT2D eigenvalue weighted by Gasteiger charge is 2.45. The van der Waals surface area contributed by atoms with Gasteiger partial charge in [-0.1, -0.05) is 35.5 Å². The number of hydrogen-bond donors (Lipinski definition) is 1. The van der Waals surface area contributed by atoms with Gasteiger partial charge in [-0.25, -0.2) is 0 Å². The summed E-state index contributed by atoms with van der Waals surface area (Å²) in [5.74, 6) is 2.34. The van der Waals surface area contributed by atoms with E-state index in [0.717, 1.165) is 17.4 Å². The average Bonchev–Trinajstić information content (AvgIpc) is 2.97. The third-order valence-corrected chi connectivity index (χ3v) is 5.48. The molecule has 0 spiro atoms. The lowest BCUT2D eigenvalue weighted by Crippen LogP contribution is -2.25. The second-order valence-electron chi connectivity index (χ2n) is 5.01. The van der Waals surface area contributed by atoms with Gasteiger partial charge in [0.1, 0.15) is 0 Å². The third kappa shape index (κ3) is 2.08. The van der Waals surface area contributed by atoms with E-state index >= 15 is 0 Å². The fourth-order valence-corrected chi connectivity index (χ4v) is 4.65. The molecule has 3 heteroatoms. The number of benzene rings is 1. The fraction of sp³-hybridized carbons (Fsp3) is 0.500. The Kier molecular flexibility index (Phi) is 3.10.